The standard InChI is InChI=1S/C19H21NO2/c1-14(2)19-8-7-18(11-15(19)3)22-10-9-21-17-6-4-5-16(12-17)13-20/h4-8,11-12,14H,9-10H2,1-3H3. The highest BCUT2D eigenvalue weighted by Crippen LogP contribution is 2.23. The first-order chi connectivity index (χ1) is 10.6. The van der Waals surface area contributed by atoms with Gasteiger partial charge < -0.3 is 9.47 Å². The van der Waals surface area contributed by atoms with Crippen LogP contribution in [0.25, 0.3) is 0 Å². The maximum absolute atomic E-state index is 8.84. The number of hydrogen-bond acceptors (Lipinski definition) is 3. The molecule has 114 valence electrons. The molecule has 0 amide bonds. The highest BCUT2D eigenvalue weighted by Gasteiger charge is 2.04. The van der Waals surface area contributed by atoms with E-state index in [1.54, 1.807) is 12.1 Å². The van der Waals surface area contributed by atoms with Crippen molar-refractivity contribution in [2.75, 3.05) is 13.2 Å². The van der Waals surface area contributed by atoms with E-state index in [2.05, 4.69) is 39.0 Å². The Bertz CT molecular complexity index is 671. The first-order valence-corrected chi connectivity index (χ1v) is 7.46. The molecule has 0 N–H and O–H groups in total. The quantitative estimate of drug-likeness (QED) is 0.739. The molecular formula is C19H21NO2. The fourth-order valence-electron chi connectivity index (χ4n) is 2.36. The number of aryl methyl sites for hydroxylation is 1. The molecule has 0 aliphatic carbocycles. The molecule has 0 radical (unpaired) electrons. The van der Waals surface area contributed by atoms with Gasteiger partial charge in [-0.1, -0.05) is 26.0 Å². The maximum atomic E-state index is 8.84. The van der Waals surface area contributed by atoms with Gasteiger partial charge in [-0.2, -0.15) is 5.26 Å². The first kappa shape index (κ1) is 15.9. The highest BCUT2D eigenvalue weighted by molar-refractivity contribution is 5.37. The Labute approximate surface area is 132 Å². The lowest BCUT2D eigenvalue weighted by Gasteiger charge is -2.13. The second-order valence-electron chi connectivity index (χ2n) is 5.51. The zero-order chi connectivity index (χ0) is 15.9. The molecule has 2 aromatic rings. The van der Waals surface area contributed by atoms with Crippen LogP contribution in [0.3, 0.4) is 0 Å². The zero-order valence-corrected chi connectivity index (χ0v) is 13.3. The van der Waals surface area contributed by atoms with Gasteiger partial charge in [-0.15, -0.1) is 0 Å². The van der Waals surface area contributed by atoms with Crippen LogP contribution >= 0.6 is 0 Å². The molecule has 3 heteroatoms. The van der Waals surface area contributed by atoms with Crippen molar-refractivity contribution in [3.05, 3.63) is 59.2 Å². The lowest BCUT2D eigenvalue weighted by Crippen LogP contribution is -2.09. The number of nitriles is 1. The number of benzene rings is 2. The lowest BCUT2D eigenvalue weighted by molar-refractivity contribution is 0.217. The minimum Gasteiger partial charge on any atom is -0.490 e. The second kappa shape index (κ2) is 7.51. The second-order valence-corrected chi connectivity index (χ2v) is 5.51. The van der Waals surface area contributed by atoms with Gasteiger partial charge in [0.15, 0.2) is 0 Å². The molecule has 2 aromatic carbocycles. The molecule has 0 bridgehead atoms. The predicted octanol–water partition coefficient (Wildman–Crippen LogP) is 4.45. The SMILES string of the molecule is Cc1cc(OCCOc2cccc(C#N)c2)ccc1C(C)C. The topological polar surface area (TPSA) is 42.2 Å². The fraction of sp³-hybridized carbons (Fsp3) is 0.316. The highest BCUT2D eigenvalue weighted by atomic mass is 16.5. The zero-order valence-electron chi connectivity index (χ0n) is 13.3. The smallest absolute Gasteiger partial charge is 0.122 e. The van der Waals surface area contributed by atoms with E-state index in [1.807, 2.05) is 18.2 Å². The summed E-state index contributed by atoms with van der Waals surface area (Å²) in [4.78, 5) is 0. The average Bonchev–Trinajstić information content (AvgIpc) is 2.51. The van der Waals surface area contributed by atoms with Gasteiger partial charge >= 0.3 is 0 Å². The maximum Gasteiger partial charge on any atom is 0.122 e. The van der Waals surface area contributed by atoms with Gasteiger partial charge in [-0.3, -0.25) is 0 Å². The van der Waals surface area contributed by atoms with Crippen LogP contribution in [0, 0.1) is 18.3 Å². The number of hydrogen-bond donors (Lipinski definition) is 0. The molecular weight excluding hydrogens is 274 g/mol. The molecule has 3 nitrogen and oxygen atoms in total. The molecule has 0 saturated carbocycles. The monoisotopic (exact) mass is 295 g/mol. The van der Waals surface area contributed by atoms with Crippen LogP contribution in [0.1, 0.15) is 36.5 Å². The molecule has 0 spiro atoms. The minimum atomic E-state index is 0.444. The van der Waals surface area contributed by atoms with Gasteiger partial charge in [0.1, 0.15) is 24.7 Å². The summed E-state index contributed by atoms with van der Waals surface area (Å²) in [6.07, 6.45) is 0. The summed E-state index contributed by atoms with van der Waals surface area (Å²) in [7, 11) is 0. The van der Waals surface area contributed by atoms with E-state index in [-0.39, 0.29) is 0 Å². The molecule has 0 saturated heterocycles. The van der Waals surface area contributed by atoms with E-state index in [0.29, 0.717) is 30.4 Å². The Balaban J connectivity index is 1.84. The van der Waals surface area contributed by atoms with E-state index in [1.165, 1.54) is 11.1 Å². The normalized spacial score (nSPS) is 10.3. The van der Waals surface area contributed by atoms with Crippen LogP contribution in [-0.4, -0.2) is 13.2 Å². The lowest BCUT2D eigenvalue weighted by atomic mass is 9.98. The van der Waals surface area contributed by atoms with Crippen LogP contribution in [0.15, 0.2) is 42.5 Å². The average molecular weight is 295 g/mol. The predicted molar refractivity (Wildman–Crippen MR) is 87.4 cm³/mol. The number of ether oxygens (including phenoxy) is 2. The summed E-state index contributed by atoms with van der Waals surface area (Å²) >= 11 is 0. The summed E-state index contributed by atoms with van der Waals surface area (Å²) in [6.45, 7) is 7.39. The Morgan fingerprint density at radius 2 is 1.68 bits per heavy atom. The van der Waals surface area contributed by atoms with Crippen molar-refractivity contribution < 1.29 is 9.47 Å². The fourth-order valence-corrected chi connectivity index (χ4v) is 2.36. The number of rotatable bonds is 6. The van der Waals surface area contributed by atoms with Gasteiger partial charge in [0.2, 0.25) is 0 Å². The van der Waals surface area contributed by atoms with E-state index < -0.39 is 0 Å². The van der Waals surface area contributed by atoms with Crippen molar-refractivity contribution in [2.24, 2.45) is 0 Å². The van der Waals surface area contributed by atoms with Gasteiger partial charge in [-0.05, 0) is 54.3 Å². The summed E-state index contributed by atoms with van der Waals surface area (Å²) in [5.41, 5.74) is 3.19. The van der Waals surface area contributed by atoms with Gasteiger partial charge in [-0.25, -0.2) is 0 Å². The van der Waals surface area contributed by atoms with Crippen molar-refractivity contribution in [1.29, 1.82) is 5.26 Å². The Morgan fingerprint density at radius 3 is 2.27 bits per heavy atom. The van der Waals surface area contributed by atoms with Crippen LogP contribution in [-0.2, 0) is 0 Å². The molecule has 22 heavy (non-hydrogen) atoms. The summed E-state index contributed by atoms with van der Waals surface area (Å²) < 4.78 is 11.3. The Morgan fingerprint density at radius 1 is 1.00 bits per heavy atom. The summed E-state index contributed by atoms with van der Waals surface area (Å²) in [5.74, 6) is 2.06. The molecule has 0 aliphatic rings. The van der Waals surface area contributed by atoms with Crippen LogP contribution < -0.4 is 9.47 Å². The van der Waals surface area contributed by atoms with E-state index in [4.69, 9.17) is 14.7 Å². The largest absolute Gasteiger partial charge is 0.490 e. The molecule has 0 atom stereocenters. The van der Waals surface area contributed by atoms with Gasteiger partial charge in [0.05, 0.1) is 11.6 Å². The van der Waals surface area contributed by atoms with Crippen molar-refractivity contribution in [3.8, 4) is 17.6 Å². The van der Waals surface area contributed by atoms with Crippen molar-refractivity contribution >= 4 is 0 Å². The third kappa shape index (κ3) is 4.26. The van der Waals surface area contributed by atoms with Crippen molar-refractivity contribution in [1.82, 2.24) is 0 Å². The van der Waals surface area contributed by atoms with E-state index in [0.717, 1.165) is 5.75 Å². The van der Waals surface area contributed by atoms with Crippen LogP contribution in [0.2, 0.25) is 0 Å². The van der Waals surface area contributed by atoms with Gasteiger partial charge in [0, 0.05) is 0 Å². The molecule has 0 aliphatic heterocycles. The molecule has 0 heterocycles. The summed E-state index contributed by atoms with van der Waals surface area (Å²) in [5, 5.41) is 8.84. The van der Waals surface area contributed by atoms with Crippen LogP contribution in [0.4, 0.5) is 0 Å². The number of nitrogens with zero attached hydrogens (tertiary/aromatic N) is 1. The molecule has 0 unspecified atom stereocenters. The Kier molecular flexibility index (Phi) is 5.43. The third-order valence-corrected chi connectivity index (χ3v) is 3.45. The molecule has 0 fully saturated rings. The minimum absolute atomic E-state index is 0.444. The first-order valence-electron chi connectivity index (χ1n) is 7.46. The molecule has 2 rings (SSSR count). The molecule has 0 aromatic heterocycles. The third-order valence-electron chi connectivity index (χ3n) is 3.45. The van der Waals surface area contributed by atoms with Crippen molar-refractivity contribution in [3.63, 3.8) is 0 Å². The van der Waals surface area contributed by atoms with Crippen LogP contribution in [0.5, 0.6) is 11.5 Å². The van der Waals surface area contributed by atoms with Gasteiger partial charge in [0.25, 0.3) is 0 Å². The summed E-state index contributed by atoms with van der Waals surface area (Å²) in [6, 6.07) is 15.4. The van der Waals surface area contributed by atoms with Crippen molar-refractivity contribution in [2.45, 2.75) is 26.7 Å². The van der Waals surface area contributed by atoms with E-state index >= 15 is 0 Å². The van der Waals surface area contributed by atoms with E-state index in [9.17, 15) is 0 Å². The Hall–Kier alpha value is -2.47.